The Morgan fingerprint density at radius 1 is 1.64 bits per heavy atom. The fourth-order valence-electron chi connectivity index (χ4n) is 0.916. The van der Waals surface area contributed by atoms with Gasteiger partial charge in [-0.1, -0.05) is 0 Å². The van der Waals surface area contributed by atoms with Crippen molar-refractivity contribution in [3.05, 3.63) is 22.3 Å². The van der Waals surface area contributed by atoms with Crippen LogP contribution in [0.5, 0.6) is 5.88 Å². The summed E-state index contributed by atoms with van der Waals surface area (Å²) in [6.07, 6.45) is 1.52. The number of ether oxygens (including phenoxy) is 1. The fraction of sp³-hybridized carbons (Fsp3) is 0.286. The lowest BCUT2D eigenvalue weighted by Gasteiger charge is -1.97. The van der Waals surface area contributed by atoms with Crippen LogP contribution in [0.15, 0.2) is 16.7 Å². The SMILES string of the molecule is COc1c(C)cc(Br)c[n+]1O. The third kappa shape index (κ3) is 1.63. The molecule has 11 heavy (non-hydrogen) atoms. The molecule has 0 saturated carbocycles. The van der Waals surface area contributed by atoms with Crippen LogP contribution in [0.25, 0.3) is 0 Å². The zero-order chi connectivity index (χ0) is 8.43. The zero-order valence-corrected chi connectivity index (χ0v) is 7.92. The van der Waals surface area contributed by atoms with E-state index in [1.165, 1.54) is 13.3 Å². The molecule has 1 heterocycles. The van der Waals surface area contributed by atoms with E-state index < -0.39 is 0 Å². The van der Waals surface area contributed by atoms with E-state index in [2.05, 4.69) is 15.9 Å². The molecule has 0 bridgehead atoms. The van der Waals surface area contributed by atoms with E-state index in [4.69, 9.17) is 4.74 Å². The Morgan fingerprint density at radius 3 is 2.73 bits per heavy atom. The molecule has 0 radical (unpaired) electrons. The summed E-state index contributed by atoms with van der Waals surface area (Å²) in [6.45, 7) is 1.86. The van der Waals surface area contributed by atoms with Crippen LogP contribution in [0.2, 0.25) is 0 Å². The van der Waals surface area contributed by atoms with Crippen molar-refractivity contribution in [2.75, 3.05) is 7.11 Å². The standard InChI is InChI=1S/C7H9BrNO2/c1-5-3-6(8)4-9(10)7(5)11-2/h3-4,10H,1-2H3/q+1. The molecule has 0 aliphatic rings. The van der Waals surface area contributed by atoms with Crippen LogP contribution in [-0.4, -0.2) is 12.3 Å². The first kappa shape index (κ1) is 8.33. The van der Waals surface area contributed by atoms with Crippen molar-refractivity contribution in [2.45, 2.75) is 6.92 Å². The second-order valence-electron chi connectivity index (χ2n) is 2.20. The van der Waals surface area contributed by atoms with E-state index in [0.29, 0.717) is 5.88 Å². The van der Waals surface area contributed by atoms with Crippen LogP contribution in [0.1, 0.15) is 5.56 Å². The summed E-state index contributed by atoms with van der Waals surface area (Å²) in [4.78, 5) is 0. The lowest BCUT2D eigenvalue weighted by Crippen LogP contribution is -2.32. The van der Waals surface area contributed by atoms with Gasteiger partial charge in [0.2, 0.25) is 6.20 Å². The third-order valence-electron chi connectivity index (χ3n) is 1.34. The lowest BCUT2D eigenvalue weighted by molar-refractivity contribution is -0.906. The van der Waals surface area contributed by atoms with E-state index in [0.717, 1.165) is 14.8 Å². The highest BCUT2D eigenvalue weighted by molar-refractivity contribution is 9.10. The van der Waals surface area contributed by atoms with Crippen molar-refractivity contribution in [1.29, 1.82) is 0 Å². The molecule has 60 valence electrons. The Balaban J connectivity index is 3.25. The molecule has 4 heteroatoms. The van der Waals surface area contributed by atoms with E-state index in [-0.39, 0.29) is 0 Å². The number of hydrogen-bond donors (Lipinski definition) is 1. The second-order valence-corrected chi connectivity index (χ2v) is 3.11. The molecular formula is C7H9BrNO2+. The normalized spacial score (nSPS) is 9.73. The van der Waals surface area contributed by atoms with Gasteiger partial charge in [0.05, 0.1) is 17.1 Å². The topological polar surface area (TPSA) is 33.3 Å². The van der Waals surface area contributed by atoms with Gasteiger partial charge in [-0.25, -0.2) is 0 Å². The summed E-state index contributed by atoms with van der Waals surface area (Å²) in [7, 11) is 1.52. The predicted molar refractivity (Wildman–Crippen MR) is 42.8 cm³/mol. The largest absolute Gasteiger partial charge is 0.444 e. The highest BCUT2D eigenvalue weighted by atomic mass is 79.9. The van der Waals surface area contributed by atoms with E-state index >= 15 is 0 Å². The third-order valence-corrected chi connectivity index (χ3v) is 1.77. The van der Waals surface area contributed by atoms with Gasteiger partial charge in [0.1, 0.15) is 0 Å². The summed E-state index contributed by atoms with van der Waals surface area (Å²) >= 11 is 3.24. The molecule has 0 aliphatic heterocycles. The molecule has 0 atom stereocenters. The Morgan fingerprint density at radius 2 is 2.27 bits per heavy atom. The second kappa shape index (κ2) is 3.09. The molecule has 1 rings (SSSR count). The molecule has 0 spiro atoms. The van der Waals surface area contributed by atoms with E-state index in [9.17, 15) is 5.21 Å². The molecule has 1 aromatic heterocycles. The molecule has 0 amide bonds. The van der Waals surface area contributed by atoms with Crippen molar-refractivity contribution < 1.29 is 14.7 Å². The number of methoxy groups -OCH3 is 1. The summed E-state index contributed by atoms with van der Waals surface area (Å²) in [6, 6.07) is 1.87. The van der Waals surface area contributed by atoms with Crippen LogP contribution in [0.4, 0.5) is 0 Å². The first-order valence-electron chi connectivity index (χ1n) is 3.10. The Bertz CT molecular complexity index is 252. The average molecular weight is 219 g/mol. The quantitative estimate of drug-likeness (QED) is 0.570. The van der Waals surface area contributed by atoms with Crippen LogP contribution in [0.3, 0.4) is 0 Å². The summed E-state index contributed by atoms with van der Waals surface area (Å²) in [5.41, 5.74) is 0.879. The number of halogens is 1. The molecule has 0 fully saturated rings. The van der Waals surface area contributed by atoms with Gasteiger partial charge in [0, 0.05) is 4.73 Å². The molecule has 1 N–H and O–H groups in total. The maximum Gasteiger partial charge on any atom is 0.419 e. The molecule has 3 nitrogen and oxygen atoms in total. The molecular weight excluding hydrogens is 210 g/mol. The maximum atomic E-state index is 9.23. The van der Waals surface area contributed by atoms with Crippen molar-refractivity contribution in [3.63, 3.8) is 0 Å². The van der Waals surface area contributed by atoms with Gasteiger partial charge in [-0.15, -0.1) is 0 Å². The van der Waals surface area contributed by atoms with Crippen LogP contribution >= 0.6 is 15.9 Å². The number of nitrogens with zero attached hydrogens (tertiary/aromatic N) is 1. The lowest BCUT2D eigenvalue weighted by atomic mass is 10.3. The Labute approximate surface area is 73.3 Å². The van der Waals surface area contributed by atoms with E-state index in [1.807, 2.05) is 13.0 Å². The summed E-state index contributed by atoms with van der Waals surface area (Å²) in [5, 5.41) is 9.23. The van der Waals surface area contributed by atoms with Crippen molar-refractivity contribution in [2.24, 2.45) is 0 Å². The zero-order valence-electron chi connectivity index (χ0n) is 6.34. The van der Waals surface area contributed by atoms with Crippen molar-refractivity contribution >= 4 is 15.9 Å². The molecule has 0 saturated heterocycles. The maximum absolute atomic E-state index is 9.23. The summed E-state index contributed by atoms with van der Waals surface area (Å²) in [5.74, 6) is 0.452. The van der Waals surface area contributed by atoms with Crippen molar-refractivity contribution in [3.8, 4) is 5.88 Å². The number of aromatic nitrogens is 1. The van der Waals surface area contributed by atoms with Gasteiger partial charge < -0.3 is 4.74 Å². The molecule has 1 aromatic rings. The van der Waals surface area contributed by atoms with Crippen LogP contribution in [0, 0.1) is 6.92 Å². The molecule has 0 aromatic carbocycles. The van der Waals surface area contributed by atoms with Gasteiger partial charge >= 0.3 is 5.88 Å². The van der Waals surface area contributed by atoms with Gasteiger partial charge in [-0.3, -0.25) is 5.21 Å². The minimum atomic E-state index is 0.452. The van der Waals surface area contributed by atoms with Gasteiger partial charge in [0.25, 0.3) is 0 Å². The Hall–Kier alpha value is -0.770. The minimum absolute atomic E-state index is 0.452. The molecule has 0 aliphatic carbocycles. The number of aryl methyl sites for hydroxylation is 1. The van der Waals surface area contributed by atoms with Crippen LogP contribution in [-0.2, 0) is 0 Å². The van der Waals surface area contributed by atoms with Gasteiger partial charge in [-0.2, -0.15) is 0 Å². The number of rotatable bonds is 1. The number of hydrogen-bond acceptors (Lipinski definition) is 2. The number of pyridine rings is 1. The summed E-state index contributed by atoms with van der Waals surface area (Å²) < 4.78 is 6.68. The van der Waals surface area contributed by atoms with E-state index in [1.54, 1.807) is 0 Å². The van der Waals surface area contributed by atoms with Crippen LogP contribution < -0.4 is 9.47 Å². The Kier molecular flexibility index (Phi) is 2.34. The molecule has 0 unspecified atom stereocenters. The monoisotopic (exact) mass is 218 g/mol. The average Bonchev–Trinajstić information content (AvgIpc) is 1.85. The van der Waals surface area contributed by atoms with Crippen molar-refractivity contribution in [1.82, 2.24) is 0 Å². The highest BCUT2D eigenvalue weighted by Crippen LogP contribution is 2.15. The highest BCUT2D eigenvalue weighted by Gasteiger charge is 2.14. The first-order chi connectivity index (χ1) is 5.15. The van der Waals surface area contributed by atoms with Gasteiger partial charge in [0.15, 0.2) is 0 Å². The van der Waals surface area contributed by atoms with Gasteiger partial charge in [-0.05, 0) is 28.9 Å². The minimum Gasteiger partial charge on any atom is -0.444 e. The fourth-order valence-corrected chi connectivity index (χ4v) is 1.45. The first-order valence-corrected chi connectivity index (χ1v) is 3.89. The predicted octanol–water partition coefficient (Wildman–Crippen LogP) is 1.29. The smallest absolute Gasteiger partial charge is 0.419 e.